The third-order valence-corrected chi connectivity index (χ3v) is 2.62. The molecule has 2 heterocycles. The molecule has 0 amide bonds. The normalized spacial score (nSPS) is 24.2. The van der Waals surface area contributed by atoms with Crippen LogP contribution in [0.4, 0.5) is 0 Å². The molecule has 1 aromatic heterocycles. The first-order valence-corrected chi connectivity index (χ1v) is 4.02. The molecule has 2 aliphatic rings. The predicted octanol–water partition coefficient (Wildman–Crippen LogP) is 1.62. The molecule has 0 spiro atoms. The smallest absolute Gasteiger partial charge is 0.108 e. The Bertz CT molecular complexity index is 332. The molecule has 1 aliphatic heterocycles. The van der Waals surface area contributed by atoms with Crippen LogP contribution in [0.15, 0.2) is 22.3 Å². The van der Waals surface area contributed by atoms with Crippen molar-refractivity contribution in [1.29, 1.82) is 0 Å². The number of thioether (sulfide) groups is 1. The number of aromatic nitrogens is 1. The molecule has 1 atom stereocenters. The monoisotopic (exact) mass is 148 g/mol. The van der Waals surface area contributed by atoms with Crippen molar-refractivity contribution in [3.05, 3.63) is 23.4 Å². The van der Waals surface area contributed by atoms with Gasteiger partial charge in [-0.3, -0.25) is 4.99 Å². The van der Waals surface area contributed by atoms with Gasteiger partial charge in [0.05, 0.1) is 5.55 Å². The molecule has 3 heteroatoms. The first kappa shape index (κ1) is 4.91. The second kappa shape index (κ2) is 1.42. The van der Waals surface area contributed by atoms with Gasteiger partial charge in [-0.15, -0.1) is 0 Å². The predicted molar refractivity (Wildman–Crippen MR) is 40.4 cm³/mol. The van der Waals surface area contributed by atoms with E-state index in [0.29, 0.717) is 6.04 Å². The van der Waals surface area contributed by atoms with E-state index in [1.807, 2.05) is 17.8 Å². The van der Waals surface area contributed by atoms with Gasteiger partial charge in [0.2, 0.25) is 0 Å². The van der Waals surface area contributed by atoms with E-state index < -0.39 is 0 Å². The lowest BCUT2D eigenvalue weighted by Crippen LogP contribution is -1.81. The molecule has 10 heavy (non-hydrogen) atoms. The number of rotatable bonds is 0. The van der Waals surface area contributed by atoms with Gasteiger partial charge in [0.15, 0.2) is 0 Å². The van der Waals surface area contributed by atoms with Crippen LogP contribution >= 0.6 is 11.8 Å². The van der Waals surface area contributed by atoms with Gasteiger partial charge in [0.1, 0.15) is 11.1 Å². The van der Waals surface area contributed by atoms with Crippen LogP contribution in [0.3, 0.4) is 0 Å². The molecular formula is C7H4N2S. The number of fused-ring (bicyclic) bond motifs is 1. The summed E-state index contributed by atoms with van der Waals surface area (Å²) in [5.41, 5.74) is 4.61. The zero-order chi connectivity index (χ0) is 6.55. The van der Waals surface area contributed by atoms with Crippen molar-refractivity contribution < 1.29 is 0 Å². The molecule has 1 aromatic rings. The molecule has 2 nitrogen and oxygen atoms in total. The third-order valence-electron chi connectivity index (χ3n) is 1.85. The topological polar surface area (TPSA) is 25.2 Å². The van der Waals surface area contributed by atoms with E-state index in [1.54, 1.807) is 11.8 Å². The summed E-state index contributed by atoms with van der Waals surface area (Å²) in [5.74, 6) is 0. The van der Waals surface area contributed by atoms with Crippen molar-refractivity contribution in [2.24, 2.45) is 4.99 Å². The van der Waals surface area contributed by atoms with E-state index >= 15 is 0 Å². The average Bonchev–Trinajstić information content (AvgIpc) is 2.68. The number of aliphatic imine (C=N–C) groups is 1. The number of pyridine rings is 1. The summed E-state index contributed by atoms with van der Waals surface area (Å²) in [4.78, 5) is 8.50. The Balaban J connectivity index is 2.34. The highest BCUT2D eigenvalue weighted by Gasteiger charge is 2.37. The van der Waals surface area contributed by atoms with E-state index in [2.05, 4.69) is 9.98 Å². The van der Waals surface area contributed by atoms with Crippen molar-refractivity contribution in [3.8, 4) is 0 Å². The van der Waals surface area contributed by atoms with Crippen LogP contribution in [0.25, 0.3) is 0 Å². The summed E-state index contributed by atoms with van der Waals surface area (Å²) < 4.78 is 0. The quantitative estimate of drug-likeness (QED) is 0.558. The van der Waals surface area contributed by atoms with Gasteiger partial charge in [-0.05, 0) is 11.6 Å². The molecule has 0 radical (unpaired) electrons. The fraction of sp³-hybridized carbons (Fsp3) is 0.143. The summed E-state index contributed by atoms with van der Waals surface area (Å²) in [6.45, 7) is 0. The molecule has 0 fully saturated rings. The largest absolute Gasteiger partial charge is 0.273 e. The molecule has 0 saturated heterocycles. The molecule has 0 aromatic carbocycles. The maximum atomic E-state index is 4.28. The van der Waals surface area contributed by atoms with Crippen LogP contribution < -0.4 is 0 Å². The standard InChI is InChI=1S/C7H4N2S/c1-2-8-7-5-4(1)6(5)9-3-10-7/h1-3,6H. The fourth-order valence-corrected chi connectivity index (χ4v) is 2.05. The average molecular weight is 148 g/mol. The molecule has 1 aliphatic carbocycles. The van der Waals surface area contributed by atoms with Gasteiger partial charge in [-0.2, -0.15) is 0 Å². The SMILES string of the molecule is C1=NC2c3ccnc(c32)S1. The van der Waals surface area contributed by atoms with Gasteiger partial charge in [-0.25, -0.2) is 4.98 Å². The molecule has 48 valence electrons. The summed E-state index contributed by atoms with van der Waals surface area (Å²) in [5, 5.41) is 1.15. The highest BCUT2D eigenvalue weighted by Crippen LogP contribution is 2.50. The summed E-state index contributed by atoms with van der Waals surface area (Å²) >= 11 is 1.62. The van der Waals surface area contributed by atoms with Crippen molar-refractivity contribution >= 4 is 17.3 Å². The first-order valence-electron chi connectivity index (χ1n) is 3.14. The molecule has 0 bridgehead atoms. The molecule has 0 N–H and O–H groups in total. The van der Waals surface area contributed by atoms with Crippen LogP contribution in [0.1, 0.15) is 17.2 Å². The minimum atomic E-state index is 0.388. The van der Waals surface area contributed by atoms with Crippen molar-refractivity contribution in [1.82, 2.24) is 4.98 Å². The van der Waals surface area contributed by atoms with Crippen molar-refractivity contribution in [2.45, 2.75) is 11.1 Å². The third kappa shape index (κ3) is 0.431. The molecule has 3 rings (SSSR count). The number of nitrogens with zero attached hydrogens (tertiary/aromatic N) is 2. The van der Waals surface area contributed by atoms with Crippen LogP contribution in [0, 0.1) is 0 Å². The van der Waals surface area contributed by atoms with Gasteiger partial charge in [0.25, 0.3) is 0 Å². The Morgan fingerprint density at radius 1 is 1.50 bits per heavy atom. The lowest BCUT2D eigenvalue weighted by molar-refractivity contribution is 1.03. The zero-order valence-electron chi connectivity index (χ0n) is 5.11. The van der Waals surface area contributed by atoms with Crippen LogP contribution in [0.2, 0.25) is 0 Å². The minimum Gasteiger partial charge on any atom is -0.273 e. The summed E-state index contributed by atoms with van der Waals surface area (Å²) in [6, 6.07) is 2.44. The Hall–Kier alpha value is -0.830. The summed E-state index contributed by atoms with van der Waals surface area (Å²) in [7, 11) is 0. The maximum absolute atomic E-state index is 4.28. The Morgan fingerprint density at radius 3 is 3.40 bits per heavy atom. The van der Waals surface area contributed by atoms with Crippen LogP contribution in [-0.4, -0.2) is 10.5 Å². The van der Waals surface area contributed by atoms with Gasteiger partial charge in [-0.1, -0.05) is 11.8 Å². The second-order valence-electron chi connectivity index (χ2n) is 2.39. The Morgan fingerprint density at radius 2 is 2.50 bits per heavy atom. The summed E-state index contributed by atoms with van der Waals surface area (Å²) in [6.07, 6.45) is 1.86. The van der Waals surface area contributed by atoms with E-state index in [-0.39, 0.29) is 0 Å². The van der Waals surface area contributed by atoms with E-state index in [9.17, 15) is 0 Å². The lowest BCUT2D eigenvalue weighted by atomic mass is 10.5. The van der Waals surface area contributed by atoms with Crippen LogP contribution in [0.5, 0.6) is 0 Å². The number of hydrogen-bond donors (Lipinski definition) is 0. The molecule has 1 unspecified atom stereocenters. The van der Waals surface area contributed by atoms with Gasteiger partial charge >= 0.3 is 0 Å². The van der Waals surface area contributed by atoms with E-state index in [1.165, 1.54) is 11.1 Å². The van der Waals surface area contributed by atoms with Crippen molar-refractivity contribution in [3.63, 3.8) is 0 Å². The minimum absolute atomic E-state index is 0.388. The lowest BCUT2D eigenvalue weighted by Gasteiger charge is -1.95. The fourth-order valence-electron chi connectivity index (χ4n) is 1.29. The molecule has 0 saturated carbocycles. The van der Waals surface area contributed by atoms with E-state index in [0.717, 1.165) is 5.03 Å². The van der Waals surface area contributed by atoms with Gasteiger partial charge < -0.3 is 0 Å². The van der Waals surface area contributed by atoms with E-state index in [4.69, 9.17) is 0 Å². The van der Waals surface area contributed by atoms with Gasteiger partial charge in [0, 0.05) is 11.8 Å². The zero-order valence-corrected chi connectivity index (χ0v) is 5.93. The Labute approximate surface area is 62.4 Å². The highest BCUT2D eigenvalue weighted by atomic mass is 32.2. The second-order valence-corrected chi connectivity index (χ2v) is 3.23. The maximum Gasteiger partial charge on any atom is 0.108 e. The highest BCUT2D eigenvalue weighted by molar-refractivity contribution is 8.12. The van der Waals surface area contributed by atoms with Crippen LogP contribution in [-0.2, 0) is 0 Å². The first-order chi connectivity index (χ1) is 4.97. The van der Waals surface area contributed by atoms with Crippen molar-refractivity contribution in [2.75, 3.05) is 0 Å². The number of hydrogen-bond acceptors (Lipinski definition) is 3. The Kier molecular flexibility index (Phi) is 0.699. The molecular weight excluding hydrogens is 144 g/mol.